The van der Waals surface area contributed by atoms with Crippen LogP contribution in [0.15, 0.2) is 24.5 Å². The maximum Gasteiger partial charge on any atom is 0.0727 e. The van der Waals surface area contributed by atoms with E-state index in [0.717, 1.165) is 19.5 Å². The van der Waals surface area contributed by atoms with Gasteiger partial charge in [0, 0.05) is 18.4 Å². The molecule has 3 saturated heterocycles. The summed E-state index contributed by atoms with van der Waals surface area (Å²) in [5.41, 5.74) is 1.29. The highest BCUT2D eigenvalue weighted by atomic mass is 16.3. The first-order chi connectivity index (χ1) is 57.3. The van der Waals surface area contributed by atoms with Crippen LogP contribution in [0.3, 0.4) is 0 Å². The fraction of sp³-hybridized carbons (Fsp3) is 0.955. The van der Waals surface area contributed by atoms with Crippen LogP contribution in [-0.2, 0) is 6.42 Å². The average molecular weight is 1610 g/mol. The van der Waals surface area contributed by atoms with E-state index in [0.29, 0.717) is 5.92 Å². The molecule has 680 valence electrons. The van der Waals surface area contributed by atoms with Crippen LogP contribution in [0.5, 0.6) is 0 Å². The van der Waals surface area contributed by atoms with E-state index in [1.54, 1.807) is 0 Å². The second-order valence-electron chi connectivity index (χ2n) is 40.0. The van der Waals surface area contributed by atoms with Crippen molar-refractivity contribution in [2.24, 2.45) is 5.92 Å². The Kier molecular flexibility index (Phi) is 88.3. The van der Waals surface area contributed by atoms with Crippen LogP contribution in [0, 0.1) is 5.92 Å². The minimum atomic E-state index is -0.214. The first-order valence-electron chi connectivity index (χ1n) is 55.7. The highest BCUT2D eigenvalue weighted by molar-refractivity contribution is 5.12. The van der Waals surface area contributed by atoms with Gasteiger partial charge in [-0.1, -0.05) is 635 Å². The first kappa shape index (κ1) is 108. The van der Waals surface area contributed by atoms with E-state index >= 15 is 0 Å². The molecule has 0 aliphatic carbocycles. The Bertz CT molecular complexity index is 1880. The Morgan fingerprint density at radius 1 is 0.200 bits per heavy atom. The second-order valence-corrected chi connectivity index (χ2v) is 40.0. The van der Waals surface area contributed by atoms with Gasteiger partial charge in [0.25, 0.3) is 0 Å². The van der Waals surface area contributed by atoms with E-state index in [2.05, 4.69) is 22.0 Å². The van der Waals surface area contributed by atoms with Gasteiger partial charge in [0.1, 0.15) is 0 Å². The first-order valence-corrected chi connectivity index (χ1v) is 55.7. The molecule has 3 nitrogen and oxygen atoms in total. The standard InChI is InChI=1S/C112H216N2O/c115-112-110-102-98-96-94-92-90-88-86-84-82-80-78-76-74-72-70-68-66-64-62-60-58-56-54-52-50-48-46-44-42-40-38-36-34-32-30-28-26-24-22-20-18-16-14-12-10-8-6-4-2-1-3-5-7-9-11-13-15-17-19-21-23-25-27-29-31-33-35-37-39-41-43-45-47-49-51-53-55-57-59-61-63-65-67-69-71-73-75-77-79-81-83-85-87-89-91-93-95-97-99-105-114(106-103-110)111(112)107-109-101-100-104-113-108-109/h100-101,104,108,110-112,115H,1-99,102-103,105-107H2. The monoisotopic (exact) mass is 1610 g/mol. The molecule has 0 saturated carbocycles. The van der Waals surface area contributed by atoms with Gasteiger partial charge in [-0.05, 0) is 56.3 Å². The van der Waals surface area contributed by atoms with Crippen LogP contribution < -0.4 is 0 Å². The molecule has 4 rings (SSSR count). The molecule has 3 heteroatoms. The van der Waals surface area contributed by atoms with Crippen molar-refractivity contribution in [3.8, 4) is 0 Å². The van der Waals surface area contributed by atoms with E-state index in [9.17, 15) is 5.11 Å². The highest BCUT2D eigenvalue weighted by Crippen LogP contribution is 2.32. The summed E-state index contributed by atoms with van der Waals surface area (Å²) in [7, 11) is 0. The van der Waals surface area contributed by atoms with Crippen molar-refractivity contribution >= 4 is 0 Å². The molecule has 0 spiro atoms. The van der Waals surface area contributed by atoms with Crippen molar-refractivity contribution in [3.63, 3.8) is 0 Å². The number of nitrogens with zero attached hydrogens (tertiary/aromatic N) is 2. The lowest BCUT2D eigenvalue weighted by Gasteiger charge is -2.43. The largest absolute Gasteiger partial charge is 0.391 e. The zero-order chi connectivity index (χ0) is 81.0. The van der Waals surface area contributed by atoms with Gasteiger partial charge in [-0.25, -0.2) is 0 Å². The smallest absolute Gasteiger partial charge is 0.0727 e. The van der Waals surface area contributed by atoms with Crippen molar-refractivity contribution in [2.75, 3.05) is 13.1 Å². The van der Waals surface area contributed by atoms with Crippen LogP contribution in [0.4, 0.5) is 0 Å². The van der Waals surface area contributed by atoms with E-state index in [4.69, 9.17) is 0 Å². The molecule has 4 atom stereocenters. The number of pyridine rings is 1. The summed E-state index contributed by atoms with van der Waals surface area (Å²) in [5.74, 6) is 0.456. The predicted octanol–water partition coefficient (Wildman–Crippen LogP) is 39.7. The van der Waals surface area contributed by atoms with Crippen LogP contribution in [-0.4, -0.2) is 40.2 Å². The molecular weight excluding hydrogens is 1390 g/mol. The quantitative estimate of drug-likeness (QED) is 0.321. The molecule has 4 unspecified atom stereocenters. The maximum absolute atomic E-state index is 11.9. The Morgan fingerprint density at radius 3 is 0.513 bits per heavy atom. The molecule has 0 aromatic carbocycles. The predicted molar refractivity (Wildman–Crippen MR) is 519 cm³/mol. The summed E-state index contributed by atoms with van der Waals surface area (Å²) in [6.45, 7) is 2.31. The molecule has 1 aromatic heterocycles. The van der Waals surface area contributed by atoms with Crippen molar-refractivity contribution in [3.05, 3.63) is 30.1 Å². The molecule has 0 radical (unpaired) electrons. The SMILES string of the molecule is OC1C2CCCCCCCCCCCCCCCCCCCCCCCCCCCCCCCCCCCCCCCCCCCCCCCCCCCCCCCCCCCCCCCCCCCCCCCCCCCCCCCCCCCCCCCCCCCCCCCCCCCCCN(CC2)C1Cc1cccnc1. The fourth-order valence-corrected chi connectivity index (χ4v) is 20.7. The second kappa shape index (κ2) is 93.8. The fourth-order valence-electron chi connectivity index (χ4n) is 20.7. The topological polar surface area (TPSA) is 36.4 Å². The lowest BCUT2D eigenvalue weighted by molar-refractivity contribution is -0.0339. The normalized spacial score (nSPS) is 25.9. The van der Waals surface area contributed by atoms with Gasteiger partial charge in [0.05, 0.1) is 6.10 Å². The van der Waals surface area contributed by atoms with Gasteiger partial charge in [0.15, 0.2) is 0 Å². The number of aliphatic hydroxyl groups excluding tert-OH is 1. The molecule has 115 heavy (non-hydrogen) atoms. The third-order valence-electron chi connectivity index (χ3n) is 28.8. The molecular formula is C112H216N2O. The maximum atomic E-state index is 11.9. The Labute approximate surface area is 726 Å². The third kappa shape index (κ3) is 80.0. The lowest BCUT2D eigenvalue weighted by Crippen LogP contribution is -2.53. The molecule has 3 fully saturated rings. The summed E-state index contributed by atoms with van der Waals surface area (Å²) in [6.07, 6.45) is 153. The van der Waals surface area contributed by atoms with Gasteiger partial charge in [-0.3, -0.25) is 9.88 Å². The van der Waals surface area contributed by atoms with Gasteiger partial charge in [0.2, 0.25) is 0 Å². The molecule has 3 aliphatic rings. The van der Waals surface area contributed by atoms with Crippen LogP contribution in [0.25, 0.3) is 0 Å². The third-order valence-corrected chi connectivity index (χ3v) is 28.8. The number of aliphatic hydroxyl groups is 1. The minimum Gasteiger partial charge on any atom is -0.391 e. The number of piperidine rings is 1. The van der Waals surface area contributed by atoms with E-state index in [-0.39, 0.29) is 12.1 Å². The lowest BCUT2D eigenvalue weighted by atomic mass is 9.81. The van der Waals surface area contributed by atoms with E-state index in [1.807, 2.05) is 12.4 Å². The van der Waals surface area contributed by atoms with Crippen molar-refractivity contribution in [2.45, 2.75) is 667 Å². The van der Waals surface area contributed by atoms with Gasteiger partial charge < -0.3 is 5.11 Å². The van der Waals surface area contributed by atoms with Crippen molar-refractivity contribution in [1.82, 2.24) is 9.88 Å². The average Bonchev–Trinajstić information content (AvgIpc) is 0.819. The Hall–Kier alpha value is -0.930. The van der Waals surface area contributed by atoms with E-state index < -0.39 is 0 Å². The van der Waals surface area contributed by atoms with E-state index in [1.165, 1.54) is 654 Å². The van der Waals surface area contributed by atoms with Gasteiger partial charge in [-0.15, -0.1) is 0 Å². The van der Waals surface area contributed by atoms with Crippen LogP contribution >= 0.6 is 0 Å². The molecule has 4 heterocycles. The Morgan fingerprint density at radius 2 is 0.357 bits per heavy atom. The minimum absolute atomic E-state index is 0.214. The number of hydrogen-bond acceptors (Lipinski definition) is 3. The summed E-state index contributed by atoms with van der Waals surface area (Å²) in [4.78, 5) is 7.14. The number of rotatable bonds is 2. The zero-order valence-corrected chi connectivity index (χ0v) is 79.4. The summed E-state index contributed by atoms with van der Waals surface area (Å²) < 4.78 is 0. The van der Waals surface area contributed by atoms with Crippen molar-refractivity contribution < 1.29 is 5.11 Å². The molecule has 1 aromatic rings. The molecule has 0 amide bonds. The van der Waals surface area contributed by atoms with Crippen LogP contribution in [0.2, 0.25) is 0 Å². The summed E-state index contributed by atoms with van der Waals surface area (Å²) >= 11 is 0. The highest BCUT2D eigenvalue weighted by Gasteiger charge is 2.36. The zero-order valence-electron chi connectivity index (χ0n) is 79.4. The molecule has 2 bridgehead atoms. The number of hydrogen-bond donors (Lipinski definition) is 1. The molecule has 1 N–H and O–H groups in total. The Balaban J connectivity index is 1.13. The summed E-state index contributed by atoms with van der Waals surface area (Å²) in [6, 6.07) is 4.54. The van der Waals surface area contributed by atoms with Gasteiger partial charge >= 0.3 is 0 Å². The summed E-state index contributed by atoms with van der Waals surface area (Å²) in [5, 5.41) is 11.9. The van der Waals surface area contributed by atoms with Crippen LogP contribution in [0.1, 0.15) is 654 Å². The molecule has 3 aliphatic heterocycles. The van der Waals surface area contributed by atoms with Gasteiger partial charge in [-0.2, -0.15) is 0 Å². The number of fused-ring (bicyclic) bond motifs is 102. The number of aromatic nitrogens is 1. The van der Waals surface area contributed by atoms with Crippen molar-refractivity contribution in [1.29, 1.82) is 0 Å².